The number of esters is 1. The maximum atomic E-state index is 10.8. The molecule has 0 aliphatic heterocycles. The van der Waals surface area contributed by atoms with Crippen LogP contribution in [0.15, 0.2) is 24.8 Å². The Morgan fingerprint density at radius 1 is 0.750 bits per heavy atom. The van der Waals surface area contributed by atoms with Crippen molar-refractivity contribution >= 4 is 5.97 Å². The molecule has 0 heterocycles. The Morgan fingerprint density at radius 2 is 1.21 bits per heavy atom. The molecule has 0 saturated heterocycles. The summed E-state index contributed by atoms with van der Waals surface area (Å²) in [4.78, 5) is 10.8. The first-order valence-corrected chi connectivity index (χ1v) is 10.3. The number of unbranched alkanes of at least 4 members (excludes halogenated alkanes) is 13. The SMILES string of the molecule is C=CC(=O)OCCC/C=C/CCCCCCCCCCCCCC. The lowest BCUT2D eigenvalue weighted by atomic mass is 10.0. The van der Waals surface area contributed by atoms with E-state index in [-0.39, 0.29) is 5.97 Å². The van der Waals surface area contributed by atoms with Crippen LogP contribution in [0.25, 0.3) is 0 Å². The molecule has 140 valence electrons. The minimum atomic E-state index is -0.324. The topological polar surface area (TPSA) is 26.3 Å². The van der Waals surface area contributed by atoms with Crippen molar-refractivity contribution < 1.29 is 9.53 Å². The molecule has 0 spiro atoms. The lowest BCUT2D eigenvalue weighted by Gasteiger charge is -2.02. The second-order valence-corrected chi connectivity index (χ2v) is 6.66. The van der Waals surface area contributed by atoms with Crippen LogP contribution >= 0.6 is 0 Å². The van der Waals surface area contributed by atoms with Crippen LogP contribution in [0.4, 0.5) is 0 Å². The minimum Gasteiger partial charge on any atom is -0.463 e. The predicted octanol–water partition coefficient (Wildman–Crippen LogP) is 7.14. The molecule has 0 aliphatic carbocycles. The normalized spacial score (nSPS) is 11.0. The summed E-state index contributed by atoms with van der Waals surface area (Å²) < 4.78 is 4.92. The Labute approximate surface area is 150 Å². The lowest BCUT2D eigenvalue weighted by Crippen LogP contribution is -2.00. The van der Waals surface area contributed by atoms with Crippen LogP contribution in [-0.4, -0.2) is 12.6 Å². The van der Waals surface area contributed by atoms with E-state index >= 15 is 0 Å². The quantitative estimate of drug-likeness (QED) is 0.115. The summed E-state index contributed by atoms with van der Waals surface area (Å²) in [6.45, 7) is 6.14. The standard InChI is InChI=1S/C22H40O2/c1-3-5-6-7-8-9-10-11-12-13-14-15-16-17-18-19-20-21-24-22(23)4-2/h4,17-18H,2-3,5-16,19-21H2,1H3/b18-17+. The summed E-state index contributed by atoms with van der Waals surface area (Å²) >= 11 is 0. The first-order valence-electron chi connectivity index (χ1n) is 10.3. The van der Waals surface area contributed by atoms with Gasteiger partial charge in [0.25, 0.3) is 0 Å². The van der Waals surface area contributed by atoms with Crippen LogP contribution in [-0.2, 0) is 9.53 Å². The van der Waals surface area contributed by atoms with E-state index in [1.807, 2.05) is 0 Å². The van der Waals surface area contributed by atoms with Crippen LogP contribution in [0.5, 0.6) is 0 Å². The minimum absolute atomic E-state index is 0.324. The molecule has 2 heteroatoms. The number of carbonyl (C=O) groups is 1. The average molecular weight is 337 g/mol. The Balaban J connectivity index is 3.10. The number of hydrogen-bond acceptors (Lipinski definition) is 2. The third-order valence-corrected chi connectivity index (χ3v) is 4.32. The van der Waals surface area contributed by atoms with E-state index in [1.165, 1.54) is 89.5 Å². The van der Waals surface area contributed by atoms with E-state index in [2.05, 4.69) is 25.7 Å². The van der Waals surface area contributed by atoms with E-state index in [4.69, 9.17) is 4.74 Å². The van der Waals surface area contributed by atoms with Crippen molar-refractivity contribution in [2.45, 2.75) is 103 Å². The first kappa shape index (κ1) is 22.9. The van der Waals surface area contributed by atoms with Crippen molar-refractivity contribution in [2.24, 2.45) is 0 Å². The molecule has 0 aliphatic rings. The molecule has 0 aromatic carbocycles. The lowest BCUT2D eigenvalue weighted by molar-refractivity contribution is -0.137. The molecule has 24 heavy (non-hydrogen) atoms. The highest BCUT2D eigenvalue weighted by Gasteiger charge is 1.94. The van der Waals surface area contributed by atoms with Crippen molar-refractivity contribution in [3.63, 3.8) is 0 Å². The molecule has 0 bridgehead atoms. The van der Waals surface area contributed by atoms with Gasteiger partial charge < -0.3 is 4.74 Å². The van der Waals surface area contributed by atoms with Crippen molar-refractivity contribution in [3.05, 3.63) is 24.8 Å². The molecule has 0 amide bonds. The van der Waals surface area contributed by atoms with Gasteiger partial charge in [0.2, 0.25) is 0 Å². The smallest absolute Gasteiger partial charge is 0.330 e. The van der Waals surface area contributed by atoms with Crippen LogP contribution in [0, 0.1) is 0 Å². The Kier molecular flexibility index (Phi) is 19.1. The summed E-state index contributed by atoms with van der Waals surface area (Å²) in [6.07, 6.45) is 25.6. The Hall–Kier alpha value is -1.05. The Bertz CT molecular complexity index is 307. The highest BCUT2D eigenvalue weighted by Crippen LogP contribution is 2.12. The second kappa shape index (κ2) is 20.0. The monoisotopic (exact) mass is 336 g/mol. The van der Waals surface area contributed by atoms with E-state index in [0.717, 1.165) is 12.8 Å². The largest absolute Gasteiger partial charge is 0.463 e. The third kappa shape index (κ3) is 19.0. The Morgan fingerprint density at radius 3 is 1.71 bits per heavy atom. The summed E-state index contributed by atoms with van der Waals surface area (Å²) in [6, 6.07) is 0. The van der Waals surface area contributed by atoms with E-state index in [0.29, 0.717) is 6.61 Å². The van der Waals surface area contributed by atoms with Gasteiger partial charge in [-0.2, -0.15) is 0 Å². The maximum absolute atomic E-state index is 10.8. The molecular weight excluding hydrogens is 296 g/mol. The molecule has 2 nitrogen and oxygen atoms in total. The van der Waals surface area contributed by atoms with Crippen LogP contribution in [0.2, 0.25) is 0 Å². The van der Waals surface area contributed by atoms with Crippen LogP contribution in [0.1, 0.15) is 103 Å². The van der Waals surface area contributed by atoms with Gasteiger partial charge in [0.1, 0.15) is 0 Å². The summed E-state index contributed by atoms with van der Waals surface area (Å²) in [5, 5.41) is 0. The molecule has 0 saturated carbocycles. The maximum Gasteiger partial charge on any atom is 0.330 e. The van der Waals surface area contributed by atoms with Gasteiger partial charge in [-0.25, -0.2) is 4.79 Å². The molecular formula is C22H40O2. The number of carbonyl (C=O) groups excluding carboxylic acids is 1. The summed E-state index contributed by atoms with van der Waals surface area (Å²) in [7, 11) is 0. The summed E-state index contributed by atoms with van der Waals surface area (Å²) in [5.74, 6) is -0.324. The number of ether oxygens (including phenoxy) is 1. The third-order valence-electron chi connectivity index (χ3n) is 4.32. The second-order valence-electron chi connectivity index (χ2n) is 6.66. The fraction of sp³-hybridized carbons (Fsp3) is 0.773. The van der Waals surface area contributed by atoms with Gasteiger partial charge in [-0.3, -0.25) is 0 Å². The molecule has 0 radical (unpaired) electrons. The van der Waals surface area contributed by atoms with Gasteiger partial charge in [-0.05, 0) is 25.7 Å². The number of hydrogen-bond donors (Lipinski definition) is 0. The molecule has 0 rings (SSSR count). The van der Waals surface area contributed by atoms with Crippen molar-refractivity contribution in [3.8, 4) is 0 Å². The highest BCUT2D eigenvalue weighted by atomic mass is 16.5. The zero-order valence-corrected chi connectivity index (χ0v) is 16.1. The fourth-order valence-corrected chi connectivity index (χ4v) is 2.77. The first-order chi connectivity index (χ1) is 11.8. The van der Waals surface area contributed by atoms with Crippen molar-refractivity contribution in [1.82, 2.24) is 0 Å². The molecule has 0 aromatic heterocycles. The molecule has 0 N–H and O–H groups in total. The average Bonchev–Trinajstić information content (AvgIpc) is 2.60. The fourth-order valence-electron chi connectivity index (χ4n) is 2.77. The molecule has 0 unspecified atom stereocenters. The highest BCUT2D eigenvalue weighted by molar-refractivity contribution is 5.81. The van der Waals surface area contributed by atoms with Crippen LogP contribution in [0.3, 0.4) is 0 Å². The van der Waals surface area contributed by atoms with Gasteiger partial charge in [-0.1, -0.05) is 96.3 Å². The molecule has 0 aromatic rings. The van der Waals surface area contributed by atoms with Crippen LogP contribution < -0.4 is 0 Å². The predicted molar refractivity (Wildman–Crippen MR) is 105 cm³/mol. The van der Waals surface area contributed by atoms with Gasteiger partial charge in [0, 0.05) is 6.08 Å². The van der Waals surface area contributed by atoms with E-state index in [1.54, 1.807) is 0 Å². The van der Waals surface area contributed by atoms with E-state index in [9.17, 15) is 4.79 Å². The van der Waals surface area contributed by atoms with Crippen molar-refractivity contribution in [2.75, 3.05) is 6.61 Å². The molecule has 0 fully saturated rings. The van der Waals surface area contributed by atoms with Gasteiger partial charge in [0.05, 0.1) is 6.61 Å². The molecule has 0 atom stereocenters. The zero-order chi connectivity index (χ0) is 17.7. The number of rotatable bonds is 18. The zero-order valence-electron chi connectivity index (χ0n) is 16.1. The van der Waals surface area contributed by atoms with Gasteiger partial charge in [0.15, 0.2) is 0 Å². The van der Waals surface area contributed by atoms with Gasteiger partial charge in [-0.15, -0.1) is 0 Å². The van der Waals surface area contributed by atoms with Gasteiger partial charge >= 0.3 is 5.97 Å². The summed E-state index contributed by atoms with van der Waals surface area (Å²) in [5.41, 5.74) is 0. The van der Waals surface area contributed by atoms with Crippen molar-refractivity contribution in [1.29, 1.82) is 0 Å². The number of allylic oxidation sites excluding steroid dienone is 2. The van der Waals surface area contributed by atoms with E-state index < -0.39 is 0 Å².